The van der Waals surface area contributed by atoms with Crippen molar-refractivity contribution in [1.82, 2.24) is 9.97 Å². The third-order valence-corrected chi connectivity index (χ3v) is 3.05. The molecule has 0 fully saturated rings. The van der Waals surface area contributed by atoms with Crippen molar-refractivity contribution in [2.75, 3.05) is 11.1 Å². The number of guanidine groups is 1. The van der Waals surface area contributed by atoms with Crippen molar-refractivity contribution in [3.63, 3.8) is 0 Å². The number of nitrogen functional groups attached to an aromatic ring is 1. The second-order valence-corrected chi connectivity index (χ2v) is 5.00. The average Bonchev–Trinajstić information content (AvgIpc) is 2.49. The molecule has 1 amide bonds. The zero-order chi connectivity index (χ0) is 18.8. The summed E-state index contributed by atoms with van der Waals surface area (Å²) >= 11 is 5.90. The summed E-state index contributed by atoms with van der Waals surface area (Å²) in [7, 11) is 0. The lowest BCUT2D eigenvalue weighted by Crippen LogP contribution is -2.24. The Kier molecular flexibility index (Phi) is 4.97. The number of hydrogen-bond acceptors (Lipinski definition) is 5. The van der Waals surface area contributed by atoms with Crippen LogP contribution in [-0.4, -0.2) is 21.8 Å². The molecule has 25 heavy (non-hydrogen) atoms. The van der Waals surface area contributed by atoms with Gasteiger partial charge in [-0.2, -0.15) is 18.2 Å². The largest absolute Gasteiger partial charge is 0.416 e. The Morgan fingerprint density at radius 1 is 1.16 bits per heavy atom. The number of carbonyl (C=O) groups excluding carboxylic acids is 1. The maximum atomic E-state index is 12.5. The van der Waals surface area contributed by atoms with E-state index >= 15 is 0 Å². The van der Waals surface area contributed by atoms with Crippen LogP contribution in [0.3, 0.4) is 0 Å². The van der Waals surface area contributed by atoms with Gasteiger partial charge in [-0.25, -0.2) is 9.97 Å². The minimum absolute atomic E-state index is 0.0554. The number of hydrogen-bond donors (Lipinski definition) is 4. The lowest BCUT2D eigenvalue weighted by Gasteiger charge is -2.11. The topological polar surface area (TPSA) is 145 Å². The molecule has 132 valence electrons. The minimum Gasteiger partial charge on any atom is -0.382 e. The molecule has 2 rings (SSSR count). The van der Waals surface area contributed by atoms with Gasteiger partial charge in [0.05, 0.1) is 5.56 Å². The van der Waals surface area contributed by atoms with Crippen LogP contribution in [0, 0.1) is 0 Å². The molecule has 1 aromatic carbocycles. The summed E-state index contributed by atoms with van der Waals surface area (Å²) in [6.07, 6.45) is -4.45. The Labute approximate surface area is 143 Å². The van der Waals surface area contributed by atoms with E-state index in [2.05, 4.69) is 20.3 Å². The fourth-order valence-corrected chi connectivity index (χ4v) is 1.89. The molecule has 0 aliphatic rings. The highest BCUT2D eigenvalue weighted by Gasteiger charge is 2.30. The molecule has 0 radical (unpaired) electrons. The summed E-state index contributed by atoms with van der Waals surface area (Å²) in [6, 6.07) is 4.11. The summed E-state index contributed by atoms with van der Waals surface area (Å²) in [5.74, 6) is -1.80. The Balaban J connectivity index is 2.28. The van der Waals surface area contributed by atoms with Crippen molar-refractivity contribution in [3.05, 3.63) is 40.7 Å². The highest BCUT2D eigenvalue weighted by atomic mass is 35.5. The van der Waals surface area contributed by atoms with Gasteiger partial charge in [0.15, 0.2) is 28.4 Å². The molecule has 2 aromatic rings. The van der Waals surface area contributed by atoms with Crippen LogP contribution in [0.2, 0.25) is 5.15 Å². The number of nitrogens with two attached hydrogens (primary N) is 3. The first-order valence-electron chi connectivity index (χ1n) is 6.49. The Morgan fingerprint density at radius 2 is 1.76 bits per heavy atom. The molecule has 0 bridgehead atoms. The van der Waals surface area contributed by atoms with E-state index in [4.69, 9.17) is 28.8 Å². The summed E-state index contributed by atoms with van der Waals surface area (Å²) in [5.41, 5.74) is 14.9. The summed E-state index contributed by atoms with van der Waals surface area (Å²) in [4.78, 5) is 22.6. The third-order valence-electron chi connectivity index (χ3n) is 2.79. The molecular weight excluding hydrogens is 363 g/mol. The molecule has 0 atom stereocenters. The lowest BCUT2D eigenvalue weighted by molar-refractivity contribution is -0.137. The van der Waals surface area contributed by atoms with Crippen molar-refractivity contribution in [1.29, 1.82) is 0 Å². The molecule has 0 unspecified atom stereocenters. The van der Waals surface area contributed by atoms with Crippen LogP contribution < -0.4 is 22.5 Å². The molecule has 8 nitrogen and oxygen atoms in total. The van der Waals surface area contributed by atoms with Crippen molar-refractivity contribution in [2.24, 2.45) is 16.5 Å². The van der Waals surface area contributed by atoms with Gasteiger partial charge in [-0.15, -0.1) is 0 Å². The second kappa shape index (κ2) is 6.81. The number of halogens is 4. The molecule has 1 aromatic heterocycles. The molecule has 0 saturated carbocycles. The number of carbonyl (C=O) groups is 1. The van der Waals surface area contributed by atoms with Gasteiger partial charge in [0.25, 0.3) is 0 Å². The highest BCUT2D eigenvalue weighted by Crippen LogP contribution is 2.31. The van der Waals surface area contributed by atoms with E-state index in [1.807, 2.05) is 0 Å². The maximum Gasteiger partial charge on any atom is 0.416 e. The van der Waals surface area contributed by atoms with Crippen LogP contribution in [-0.2, 0) is 6.18 Å². The first-order chi connectivity index (χ1) is 11.6. The van der Waals surface area contributed by atoms with Crippen molar-refractivity contribution in [3.8, 4) is 0 Å². The van der Waals surface area contributed by atoms with E-state index in [9.17, 15) is 18.0 Å². The number of aliphatic imine (C=N–C) groups is 1. The minimum atomic E-state index is -4.45. The predicted octanol–water partition coefficient (Wildman–Crippen LogP) is 1.89. The molecule has 7 N–H and O–H groups in total. The normalized spacial score (nSPS) is 11.0. The first-order valence-corrected chi connectivity index (χ1v) is 6.87. The number of alkyl halides is 3. The van der Waals surface area contributed by atoms with Gasteiger partial charge in [0, 0.05) is 5.69 Å². The van der Waals surface area contributed by atoms with Crippen molar-refractivity contribution < 1.29 is 18.0 Å². The quantitative estimate of drug-likeness (QED) is 0.474. The van der Waals surface area contributed by atoms with Gasteiger partial charge in [0.1, 0.15) is 0 Å². The number of amides is 1. The van der Waals surface area contributed by atoms with Gasteiger partial charge in [-0.05, 0) is 24.3 Å². The number of aromatic nitrogens is 2. The Morgan fingerprint density at radius 3 is 2.28 bits per heavy atom. The lowest BCUT2D eigenvalue weighted by atomic mass is 10.2. The molecule has 0 aliphatic carbocycles. The molecular formula is C13H11ClF3N7O. The zero-order valence-electron chi connectivity index (χ0n) is 12.3. The van der Waals surface area contributed by atoms with E-state index in [1.54, 1.807) is 0 Å². The number of rotatable bonds is 3. The fourth-order valence-electron chi connectivity index (χ4n) is 1.71. The molecule has 0 saturated heterocycles. The maximum absolute atomic E-state index is 12.5. The van der Waals surface area contributed by atoms with Gasteiger partial charge in [0.2, 0.25) is 0 Å². The van der Waals surface area contributed by atoms with Crippen molar-refractivity contribution in [2.45, 2.75) is 6.18 Å². The Hall–Kier alpha value is -3.08. The Bertz CT molecular complexity index is 833. The van der Waals surface area contributed by atoms with E-state index in [0.717, 1.165) is 12.1 Å². The molecule has 1 heterocycles. The van der Waals surface area contributed by atoms with Crippen LogP contribution in [0.4, 0.5) is 30.5 Å². The van der Waals surface area contributed by atoms with Crippen LogP contribution in [0.1, 0.15) is 16.1 Å². The van der Waals surface area contributed by atoms with Gasteiger partial charge in [-0.3, -0.25) is 4.79 Å². The van der Waals surface area contributed by atoms with E-state index in [1.165, 1.54) is 12.1 Å². The van der Waals surface area contributed by atoms with Gasteiger partial charge >= 0.3 is 12.1 Å². The van der Waals surface area contributed by atoms with Crippen molar-refractivity contribution >= 4 is 40.8 Å². The fraction of sp³-hybridized carbons (Fsp3) is 0.0769. The zero-order valence-corrected chi connectivity index (χ0v) is 13.1. The van der Waals surface area contributed by atoms with Crippen LogP contribution in [0.5, 0.6) is 0 Å². The highest BCUT2D eigenvalue weighted by molar-refractivity contribution is 6.32. The summed E-state index contributed by atoms with van der Waals surface area (Å²) in [5, 5.41) is 2.40. The standard InChI is InChI=1S/C13H11ClF3N7O/c14-8-10(21-6-3-1-5(2-4-6)13(15,16)17)23-9(18)7(22-8)11(25)24-12(19)20/h1-4H,(H3,18,21,23)(H4,19,20,24,25). The van der Waals surface area contributed by atoms with Gasteiger partial charge < -0.3 is 22.5 Å². The van der Waals surface area contributed by atoms with Crippen LogP contribution in [0.15, 0.2) is 29.3 Å². The first kappa shape index (κ1) is 18.3. The molecule has 0 aliphatic heterocycles. The van der Waals surface area contributed by atoms with Gasteiger partial charge in [-0.1, -0.05) is 11.6 Å². The monoisotopic (exact) mass is 373 g/mol. The SMILES string of the molecule is NC(N)=NC(=O)c1nc(Cl)c(Nc2ccc(C(F)(F)F)cc2)nc1N. The van der Waals surface area contributed by atoms with E-state index in [-0.39, 0.29) is 28.2 Å². The number of benzene rings is 1. The smallest absolute Gasteiger partial charge is 0.382 e. The van der Waals surface area contributed by atoms with E-state index in [0.29, 0.717) is 0 Å². The number of nitrogens with zero attached hydrogens (tertiary/aromatic N) is 3. The second-order valence-electron chi connectivity index (χ2n) is 4.64. The third kappa shape index (κ3) is 4.47. The molecule has 0 spiro atoms. The number of nitrogens with one attached hydrogen (secondary N) is 1. The number of anilines is 3. The van der Waals surface area contributed by atoms with Crippen LogP contribution >= 0.6 is 11.6 Å². The average molecular weight is 374 g/mol. The summed E-state index contributed by atoms with van der Waals surface area (Å²) in [6.45, 7) is 0. The predicted molar refractivity (Wildman–Crippen MR) is 86.3 cm³/mol. The summed E-state index contributed by atoms with van der Waals surface area (Å²) < 4.78 is 37.6. The van der Waals surface area contributed by atoms with E-state index < -0.39 is 23.6 Å². The van der Waals surface area contributed by atoms with Crippen LogP contribution in [0.25, 0.3) is 0 Å². The molecule has 12 heteroatoms.